The van der Waals surface area contributed by atoms with Crippen molar-refractivity contribution in [2.45, 2.75) is 30.3 Å². The van der Waals surface area contributed by atoms with E-state index in [4.69, 9.17) is 0 Å². The van der Waals surface area contributed by atoms with E-state index in [0.29, 0.717) is 5.54 Å². The molecular weight excluding hydrogens is 230 g/mol. The molecule has 2 rings (SSSR count). The van der Waals surface area contributed by atoms with Crippen LogP contribution in [-0.2, 0) is 0 Å². The van der Waals surface area contributed by atoms with Gasteiger partial charge in [0.05, 0.1) is 16.9 Å². The average Bonchev–Trinajstić information content (AvgIpc) is 2.40. The van der Waals surface area contributed by atoms with E-state index in [9.17, 15) is 0 Å². The van der Waals surface area contributed by atoms with E-state index < -0.39 is 0 Å². The minimum absolute atomic E-state index is 0.309. The third kappa shape index (κ3) is 2.93. The summed E-state index contributed by atoms with van der Waals surface area (Å²) >= 11 is 1.69. The number of piperidine rings is 1. The molecule has 0 bridgehead atoms. The lowest BCUT2D eigenvalue weighted by molar-refractivity contribution is 0.305. The second-order valence-electron chi connectivity index (χ2n) is 4.86. The van der Waals surface area contributed by atoms with Crippen molar-refractivity contribution in [3.63, 3.8) is 0 Å². The fourth-order valence-corrected chi connectivity index (χ4v) is 2.55. The summed E-state index contributed by atoms with van der Waals surface area (Å²) in [4.78, 5) is 6.86. The molecule has 1 N–H and O–H groups in total. The molecule has 3 nitrogen and oxygen atoms in total. The molecule has 0 amide bonds. The molecule has 0 aromatic carbocycles. The topological polar surface area (TPSA) is 28.2 Å². The maximum atomic E-state index is 4.43. The molecule has 0 spiro atoms. The molecule has 4 heteroatoms. The predicted octanol–water partition coefficient (Wildman–Crippen LogP) is 2.38. The first-order valence-corrected chi connectivity index (χ1v) is 7.33. The van der Waals surface area contributed by atoms with Crippen LogP contribution in [0.2, 0.25) is 0 Å². The van der Waals surface area contributed by atoms with Crippen LogP contribution in [0.4, 0.5) is 5.69 Å². The van der Waals surface area contributed by atoms with Gasteiger partial charge in [-0.1, -0.05) is 0 Å². The molecule has 0 unspecified atom stereocenters. The van der Waals surface area contributed by atoms with Gasteiger partial charge >= 0.3 is 0 Å². The van der Waals surface area contributed by atoms with Crippen LogP contribution in [0.25, 0.3) is 0 Å². The summed E-state index contributed by atoms with van der Waals surface area (Å²) in [5.74, 6) is 0. The second-order valence-corrected chi connectivity index (χ2v) is 5.68. The van der Waals surface area contributed by atoms with Crippen LogP contribution < -0.4 is 10.2 Å². The van der Waals surface area contributed by atoms with Crippen LogP contribution in [0.15, 0.2) is 23.4 Å². The van der Waals surface area contributed by atoms with Crippen molar-refractivity contribution in [1.82, 2.24) is 10.3 Å². The minimum atomic E-state index is 0.309. The summed E-state index contributed by atoms with van der Waals surface area (Å²) in [5, 5.41) is 4.51. The van der Waals surface area contributed by atoms with Gasteiger partial charge in [-0.15, -0.1) is 11.8 Å². The highest BCUT2D eigenvalue weighted by molar-refractivity contribution is 7.98. The van der Waals surface area contributed by atoms with Crippen molar-refractivity contribution in [3.05, 3.63) is 18.3 Å². The molecule has 17 heavy (non-hydrogen) atoms. The Hall–Kier alpha value is -0.740. The zero-order chi connectivity index (χ0) is 12.3. The molecule has 0 saturated carbocycles. The Morgan fingerprint density at radius 2 is 2.06 bits per heavy atom. The van der Waals surface area contributed by atoms with Crippen LogP contribution in [0.1, 0.15) is 19.8 Å². The Labute approximate surface area is 108 Å². The quantitative estimate of drug-likeness (QED) is 0.835. The summed E-state index contributed by atoms with van der Waals surface area (Å²) in [6.07, 6.45) is 6.43. The monoisotopic (exact) mass is 251 g/mol. The van der Waals surface area contributed by atoms with E-state index in [1.807, 2.05) is 6.20 Å². The van der Waals surface area contributed by atoms with Crippen molar-refractivity contribution in [2.24, 2.45) is 0 Å². The van der Waals surface area contributed by atoms with Crippen LogP contribution >= 0.6 is 11.8 Å². The maximum absolute atomic E-state index is 4.43. The third-order valence-electron chi connectivity index (χ3n) is 3.77. The smallest absolute Gasteiger partial charge is 0.0958 e. The van der Waals surface area contributed by atoms with Crippen molar-refractivity contribution >= 4 is 17.4 Å². The van der Waals surface area contributed by atoms with Gasteiger partial charge in [0, 0.05) is 18.6 Å². The van der Waals surface area contributed by atoms with Crippen molar-refractivity contribution < 1.29 is 0 Å². The van der Waals surface area contributed by atoms with Crippen LogP contribution in [-0.4, -0.2) is 36.9 Å². The Bertz CT molecular complexity index is 355. The minimum Gasteiger partial charge on any atom is -0.370 e. The Kier molecular flexibility index (Phi) is 3.94. The number of nitrogens with one attached hydrogen (secondary N) is 1. The lowest BCUT2D eigenvalue weighted by Gasteiger charge is -2.40. The largest absolute Gasteiger partial charge is 0.370 e. The molecular formula is C13H21N3S. The molecule has 1 aliphatic rings. The number of aromatic nitrogens is 1. The van der Waals surface area contributed by atoms with E-state index in [1.165, 1.54) is 18.5 Å². The second kappa shape index (κ2) is 5.27. The predicted molar refractivity (Wildman–Crippen MR) is 74.9 cm³/mol. The number of pyridine rings is 1. The molecule has 94 valence electrons. The van der Waals surface area contributed by atoms with Gasteiger partial charge in [-0.3, -0.25) is 0 Å². The van der Waals surface area contributed by atoms with Gasteiger partial charge in [-0.25, -0.2) is 4.98 Å². The molecule has 1 saturated heterocycles. The molecule has 0 atom stereocenters. The summed E-state index contributed by atoms with van der Waals surface area (Å²) in [7, 11) is 2.06. The van der Waals surface area contributed by atoms with E-state index >= 15 is 0 Å². The van der Waals surface area contributed by atoms with Gasteiger partial charge in [0.25, 0.3) is 0 Å². The molecule has 1 aromatic heterocycles. The number of anilines is 1. The first kappa shape index (κ1) is 12.7. The first-order valence-electron chi connectivity index (χ1n) is 6.11. The Morgan fingerprint density at radius 1 is 1.35 bits per heavy atom. The standard InChI is InChI=1S/C13H21N3S/c1-13(14-2)6-8-16(9-7-13)11-4-5-12(17-3)15-10-11/h4-5,10,14H,6-9H2,1-3H3. The summed E-state index contributed by atoms with van der Waals surface area (Å²) in [6.45, 7) is 4.52. The highest BCUT2D eigenvalue weighted by atomic mass is 32.2. The molecule has 1 aliphatic heterocycles. The van der Waals surface area contributed by atoms with E-state index in [0.717, 1.165) is 18.1 Å². The zero-order valence-corrected chi connectivity index (χ0v) is 11.7. The van der Waals surface area contributed by atoms with Gasteiger partial charge in [-0.05, 0) is 45.2 Å². The third-order valence-corrected chi connectivity index (χ3v) is 4.43. The number of thioether (sulfide) groups is 1. The Morgan fingerprint density at radius 3 is 2.53 bits per heavy atom. The number of hydrogen-bond acceptors (Lipinski definition) is 4. The molecule has 0 radical (unpaired) electrons. The number of hydrogen-bond donors (Lipinski definition) is 1. The van der Waals surface area contributed by atoms with Crippen LogP contribution in [0, 0.1) is 0 Å². The van der Waals surface area contributed by atoms with Crippen molar-refractivity contribution in [1.29, 1.82) is 0 Å². The lowest BCUT2D eigenvalue weighted by atomic mass is 9.90. The van der Waals surface area contributed by atoms with Gasteiger partial charge in [0.2, 0.25) is 0 Å². The van der Waals surface area contributed by atoms with Gasteiger partial charge in [0.15, 0.2) is 0 Å². The summed E-state index contributed by atoms with van der Waals surface area (Å²) in [6, 6.07) is 4.28. The first-order chi connectivity index (χ1) is 8.17. The van der Waals surface area contributed by atoms with Crippen LogP contribution in [0.5, 0.6) is 0 Å². The molecule has 2 heterocycles. The molecule has 1 fully saturated rings. The van der Waals surface area contributed by atoms with Gasteiger partial charge < -0.3 is 10.2 Å². The summed E-state index contributed by atoms with van der Waals surface area (Å²) < 4.78 is 0. The zero-order valence-electron chi connectivity index (χ0n) is 10.9. The van der Waals surface area contributed by atoms with E-state index in [2.05, 4.69) is 47.6 Å². The van der Waals surface area contributed by atoms with Crippen LogP contribution in [0.3, 0.4) is 0 Å². The number of rotatable bonds is 3. The van der Waals surface area contributed by atoms with E-state index in [1.54, 1.807) is 11.8 Å². The van der Waals surface area contributed by atoms with Crippen molar-refractivity contribution in [2.75, 3.05) is 31.3 Å². The maximum Gasteiger partial charge on any atom is 0.0958 e. The fourth-order valence-electron chi connectivity index (χ4n) is 2.19. The SMILES string of the molecule is CNC1(C)CCN(c2ccc(SC)nc2)CC1. The lowest BCUT2D eigenvalue weighted by Crippen LogP contribution is -2.50. The van der Waals surface area contributed by atoms with Gasteiger partial charge in [-0.2, -0.15) is 0 Å². The normalized spacial score (nSPS) is 19.4. The van der Waals surface area contributed by atoms with Crippen molar-refractivity contribution in [3.8, 4) is 0 Å². The van der Waals surface area contributed by atoms with E-state index in [-0.39, 0.29) is 0 Å². The highest BCUT2D eigenvalue weighted by Crippen LogP contribution is 2.26. The number of nitrogens with zero attached hydrogens (tertiary/aromatic N) is 2. The Balaban J connectivity index is 2.00. The fraction of sp³-hybridized carbons (Fsp3) is 0.615. The average molecular weight is 251 g/mol. The molecule has 1 aromatic rings. The van der Waals surface area contributed by atoms with Gasteiger partial charge in [0.1, 0.15) is 0 Å². The molecule has 0 aliphatic carbocycles. The highest BCUT2D eigenvalue weighted by Gasteiger charge is 2.28. The summed E-state index contributed by atoms with van der Waals surface area (Å²) in [5.41, 5.74) is 1.56.